The number of nitrogens with one attached hydrogen (secondary N) is 1. The highest BCUT2D eigenvalue weighted by Gasteiger charge is 2.37. The number of carbonyl (C=O) groups excluding carboxylic acids is 1. The van der Waals surface area contributed by atoms with Crippen LogP contribution in [0.1, 0.15) is 24.8 Å². The second-order valence-electron chi connectivity index (χ2n) is 6.56. The van der Waals surface area contributed by atoms with E-state index in [1.54, 1.807) is 0 Å². The molecule has 2 atom stereocenters. The molecule has 0 aromatic carbocycles. The highest BCUT2D eigenvalue weighted by molar-refractivity contribution is 5.74. The van der Waals surface area contributed by atoms with Gasteiger partial charge in [0.1, 0.15) is 0 Å². The van der Waals surface area contributed by atoms with Crippen molar-refractivity contribution in [3.05, 3.63) is 24.0 Å². The first-order valence-electron chi connectivity index (χ1n) is 7.97. The molecule has 2 fully saturated rings. The summed E-state index contributed by atoms with van der Waals surface area (Å²) in [5.74, 6) is 0.653. The van der Waals surface area contributed by atoms with E-state index < -0.39 is 0 Å². The fourth-order valence-electron chi connectivity index (χ4n) is 3.78. The maximum Gasteiger partial charge on any atom is 0.317 e. The van der Waals surface area contributed by atoms with Gasteiger partial charge in [-0.2, -0.15) is 0 Å². The monoisotopic (exact) mass is 290 g/mol. The van der Waals surface area contributed by atoms with Gasteiger partial charge in [0.15, 0.2) is 0 Å². The molecule has 116 valence electrons. The summed E-state index contributed by atoms with van der Waals surface area (Å²) in [6, 6.07) is 2.60. The molecule has 0 bridgehead atoms. The lowest BCUT2D eigenvalue weighted by atomic mass is 9.84. The summed E-state index contributed by atoms with van der Waals surface area (Å²) in [5, 5.41) is 3.09. The molecule has 2 aliphatic rings. The maximum absolute atomic E-state index is 12.5. The molecule has 5 heteroatoms. The number of rotatable bonds is 2. The second-order valence-corrected chi connectivity index (χ2v) is 6.56. The van der Waals surface area contributed by atoms with Crippen LogP contribution in [0, 0.1) is 5.92 Å². The van der Waals surface area contributed by atoms with Crippen molar-refractivity contribution in [2.24, 2.45) is 13.0 Å². The predicted molar refractivity (Wildman–Crippen MR) is 83.0 cm³/mol. The Morgan fingerprint density at radius 2 is 2.19 bits per heavy atom. The van der Waals surface area contributed by atoms with Gasteiger partial charge < -0.3 is 19.7 Å². The van der Waals surface area contributed by atoms with Gasteiger partial charge in [-0.05, 0) is 50.4 Å². The number of hydrogen-bond acceptors (Lipinski definition) is 2. The maximum atomic E-state index is 12.5. The lowest BCUT2D eigenvalue weighted by molar-refractivity contribution is 0.0532. The zero-order valence-electron chi connectivity index (χ0n) is 13.1. The van der Waals surface area contributed by atoms with Gasteiger partial charge in [0.05, 0.1) is 0 Å². The highest BCUT2D eigenvalue weighted by atomic mass is 16.2. The first kappa shape index (κ1) is 14.4. The van der Waals surface area contributed by atoms with Gasteiger partial charge in [-0.25, -0.2) is 4.79 Å². The molecule has 1 aromatic rings. The summed E-state index contributed by atoms with van der Waals surface area (Å²) in [4.78, 5) is 17.0. The highest BCUT2D eigenvalue weighted by Crippen LogP contribution is 2.30. The van der Waals surface area contributed by atoms with Crippen LogP contribution >= 0.6 is 0 Å². The van der Waals surface area contributed by atoms with E-state index in [9.17, 15) is 4.79 Å². The van der Waals surface area contributed by atoms with Crippen LogP contribution in [0.4, 0.5) is 4.79 Å². The van der Waals surface area contributed by atoms with Crippen molar-refractivity contribution in [2.75, 3.05) is 26.7 Å². The fraction of sp³-hybridized carbons (Fsp3) is 0.688. The molecule has 2 saturated heterocycles. The lowest BCUT2D eigenvalue weighted by Gasteiger charge is -2.46. The van der Waals surface area contributed by atoms with E-state index in [1.165, 1.54) is 6.42 Å². The summed E-state index contributed by atoms with van der Waals surface area (Å²) in [5.41, 5.74) is 1.16. The lowest BCUT2D eigenvalue weighted by Crippen LogP contribution is -2.57. The van der Waals surface area contributed by atoms with Gasteiger partial charge in [0.25, 0.3) is 0 Å². The molecule has 2 unspecified atom stereocenters. The Hall–Kier alpha value is -1.49. The van der Waals surface area contributed by atoms with E-state index >= 15 is 0 Å². The second kappa shape index (κ2) is 6.10. The number of carbonyl (C=O) groups is 1. The van der Waals surface area contributed by atoms with Crippen molar-refractivity contribution in [2.45, 2.75) is 31.8 Å². The summed E-state index contributed by atoms with van der Waals surface area (Å²) < 4.78 is 2.01. The normalized spacial score (nSPS) is 26.5. The molecule has 1 N–H and O–H groups in total. The standard InChI is InChI=1S/C16H26N4O/c1-18-8-5-13(11-18)10-17-16(21)20-7-3-4-14-12-19(2)9-6-15(14)20/h5,8,11,14-15H,3-4,6-7,9-10,12H2,1-2H3,(H,17,21). The number of hydrogen-bond donors (Lipinski definition) is 1. The molecule has 3 rings (SSSR count). The van der Waals surface area contributed by atoms with Crippen LogP contribution in [0.3, 0.4) is 0 Å². The Morgan fingerprint density at radius 1 is 1.33 bits per heavy atom. The summed E-state index contributed by atoms with van der Waals surface area (Å²) in [6.07, 6.45) is 7.56. The van der Waals surface area contributed by atoms with E-state index in [1.807, 2.05) is 17.8 Å². The van der Waals surface area contributed by atoms with Gasteiger partial charge in [-0.3, -0.25) is 0 Å². The molecule has 5 nitrogen and oxygen atoms in total. The molecule has 21 heavy (non-hydrogen) atoms. The Morgan fingerprint density at radius 3 is 2.95 bits per heavy atom. The SMILES string of the molecule is CN1CCC2C(CCCN2C(=O)NCc2ccn(C)c2)C1. The van der Waals surface area contributed by atoms with Gasteiger partial charge in [-0.1, -0.05) is 0 Å². The van der Waals surface area contributed by atoms with Crippen LogP contribution in [0.2, 0.25) is 0 Å². The first-order valence-corrected chi connectivity index (χ1v) is 7.97. The quantitative estimate of drug-likeness (QED) is 0.900. The Balaban J connectivity index is 1.58. The minimum atomic E-state index is 0.109. The third kappa shape index (κ3) is 3.23. The van der Waals surface area contributed by atoms with E-state index in [0.717, 1.165) is 38.0 Å². The van der Waals surface area contributed by atoms with Crippen molar-refractivity contribution in [3.8, 4) is 0 Å². The van der Waals surface area contributed by atoms with Crippen molar-refractivity contribution in [1.29, 1.82) is 0 Å². The van der Waals surface area contributed by atoms with Crippen LogP contribution in [0.15, 0.2) is 18.5 Å². The smallest absolute Gasteiger partial charge is 0.317 e. The summed E-state index contributed by atoms with van der Waals surface area (Å²) in [7, 11) is 4.18. The van der Waals surface area contributed by atoms with Crippen LogP contribution < -0.4 is 5.32 Å². The number of fused-ring (bicyclic) bond motifs is 1. The number of amides is 2. The van der Waals surface area contributed by atoms with Crippen LogP contribution in [-0.2, 0) is 13.6 Å². The molecule has 0 radical (unpaired) electrons. The van der Waals surface area contributed by atoms with E-state index in [0.29, 0.717) is 18.5 Å². The number of nitrogens with zero attached hydrogens (tertiary/aromatic N) is 3. The van der Waals surface area contributed by atoms with Gasteiger partial charge in [-0.15, -0.1) is 0 Å². The molecular weight excluding hydrogens is 264 g/mol. The third-order valence-corrected chi connectivity index (χ3v) is 4.87. The van der Waals surface area contributed by atoms with Gasteiger partial charge in [0, 0.05) is 45.1 Å². The minimum absolute atomic E-state index is 0.109. The van der Waals surface area contributed by atoms with Gasteiger partial charge in [0.2, 0.25) is 0 Å². The number of piperidine rings is 2. The number of likely N-dealkylation sites (tertiary alicyclic amines) is 2. The number of aryl methyl sites for hydroxylation is 1. The van der Waals surface area contributed by atoms with E-state index in [4.69, 9.17) is 0 Å². The Bertz CT molecular complexity index is 498. The van der Waals surface area contributed by atoms with E-state index in [-0.39, 0.29) is 6.03 Å². The van der Waals surface area contributed by atoms with Crippen LogP contribution in [0.25, 0.3) is 0 Å². The molecule has 0 spiro atoms. The average molecular weight is 290 g/mol. The topological polar surface area (TPSA) is 40.5 Å². The fourth-order valence-corrected chi connectivity index (χ4v) is 3.78. The number of aromatic nitrogens is 1. The van der Waals surface area contributed by atoms with Crippen molar-refractivity contribution >= 4 is 6.03 Å². The average Bonchev–Trinajstić information content (AvgIpc) is 2.89. The zero-order valence-corrected chi connectivity index (χ0v) is 13.1. The zero-order chi connectivity index (χ0) is 14.8. The van der Waals surface area contributed by atoms with Crippen LogP contribution in [0.5, 0.6) is 0 Å². The Kier molecular flexibility index (Phi) is 4.19. The third-order valence-electron chi connectivity index (χ3n) is 4.87. The molecule has 2 amide bonds. The molecule has 0 saturated carbocycles. The van der Waals surface area contributed by atoms with Gasteiger partial charge >= 0.3 is 6.03 Å². The first-order chi connectivity index (χ1) is 10.1. The summed E-state index contributed by atoms with van der Waals surface area (Å²) >= 11 is 0. The van der Waals surface area contributed by atoms with Crippen LogP contribution in [-0.4, -0.2) is 53.1 Å². The molecule has 0 aliphatic carbocycles. The molecule has 3 heterocycles. The minimum Gasteiger partial charge on any atom is -0.357 e. The van der Waals surface area contributed by atoms with Crippen molar-refractivity contribution < 1.29 is 4.79 Å². The largest absolute Gasteiger partial charge is 0.357 e. The Labute approximate surface area is 126 Å². The molecular formula is C16H26N4O. The van der Waals surface area contributed by atoms with E-state index in [2.05, 4.69) is 34.4 Å². The van der Waals surface area contributed by atoms with Crippen molar-refractivity contribution in [3.63, 3.8) is 0 Å². The number of urea groups is 1. The molecule has 1 aromatic heterocycles. The van der Waals surface area contributed by atoms with Crippen molar-refractivity contribution in [1.82, 2.24) is 19.7 Å². The summed E-state index contributed by atoms with van der Waals surface area (Å²) in [6.45, 7) is 3.76. The predicted octanol–water partition coefficient (Wildman–Crippen LogP) is 1.65. The molecule has 2 aliphatic heterocycles.